The van der Waals surface area contributed by atoms with Crippen molar-refractivity contribution in [1.82, 2.24) is 4.90 Å². The molecule has 0 spiro atoms. The first kappa shape index (κ1) is 30.3. The SMILES string of the molecule is CC1CCCN(C)C1(C)C.[Cl-].[Cl-].[Cl-].[Li+].[Mg+2]. The van der Waals surface area contributed by atoms with Crippen LogP contribution in [0.15, 0.2) is 0 Å². The Bertz CT molecular complexity index is 127. The largest absolute Gasteiger partial charge is 2.00 e. The predicted molar refractivity (Wildman–Crippen MR) is 50.9 cm³/mol. The van der Waals surface area contributed by atoms with Gasteiger partial charge < -0.3 is 42.1 Å². The molecule has 0 aromatic heterocycles. The summed E-state index contributed by atoms with van der Waals surface area (Å²) in [5.41, 5.74) is 0.429. The third-order valence-corrected chi connectivity index (χ3v) is 3.32. The molecule has 0 radical (unpaired) electrons. The number of nitrogens with zero attached hydrogens (tertiary/aromatic N) is 1. The molecule has 0 N–H and O–H groups in total. The maximum Gasteiger partial charge on any atom is 2.00 e. The van der Waals surface area contributed by atoms with Crippen molar-refractivity contribution in [2.45, 2.75) is 39.2 Å². The molecule has 15 heavy (non-hydrogen) atoms. The maximum absolute atomic E-state index is 2.47. The number of rotatable bonds is 0. The zero-order valence-electron chi connectivity index (χ0n) is 10.5. The second-order valence-electron chi connectivity index (χ2n) is 4.12. The first-order valence-corrected chi connectivity index (χ1v) is 4.26. The van der Waals surface area contributed by atoms with Gasteiger partial charge in [-0.15, -0.1) is 0 Å². The van der Waals surface area contributed by atoms with Crippen LogP contribution in [-0.4, -0.2) is 47.1 Å². The summed E-state index contributed by atoms with van der Waals surface area (Å²) < 4.78 is 0. The monoisotopic (exact) mass is 277 g/mol. The Morgan fingerprint density at radius 2 is 1.53 bits per heavy atom. The van der Waals surface area contributed by atoms with Crippen molar-refractivity contribution < 1.29 is 56.1 Å². The van der Waals surface area contributed by atoms with Crippen molar-refractivity contribution in [3.05, 3.63) is 0 Å². The van der Waals surface area contributed by atoms with Crippen LogP contribution in [0.5, 0.6) is 0 Å². The average molecular weight is 279 g/mol. The Morgan fingerprint density at radius 1 is 1.13 bits per heavy atom. The molecule has 1 saturated heterocycles. The molecule has 0 saturated carbocycles. The van der Waals surface area contributed by atoms with Crippen LogP contribution in [0, 0.1) is 5.92 Å². The quantitative estimate of drug-likeness (QED) is 0.398. The third kappa shape index (κ3) is 8.00. The maximum atomic E-state index is 2.47. The van der Waals surface area contributed by atoms with Gasteiger partial charge in [0.25, 0.3) is 0 Å². The molecule has 0 aromatic rings. The molecule has 0 aromatic carbocycles. The van der Waals surface area contributed by atoms with E-state index < -0.39 is 0 Å². The van der Waals surface area contributed by atoms with Gasteiger partial charge in [0.2, 0.25) is 0 Å². The van der Waals surface area contributed by atoms with E-state index in [1.807, 2.05) is 0 Å². The standard InChI is InChI=1S/C9H19N.3ClH.Li.Mg/c1-8-6-5-7-10(4)9(8,2)3;;;;;/h8H,5-7H2,1-4H3;3*1H;;/q;;;;+1;+2/p-3. The van der Waals surface area contributed by atoms with Crippen molar-refractivity contribution in [3.8, 4) is 0 Å². The number of hydrogen-bond donors (Lipinski definition) is 0. The molecule has 0 bridgehead atoms. The van der Waals surface area contributed by atoms with Gasteiger partial charge in [0.1, 0.15) is 0 Å². The van der Waals surface area contributed by atoms with Gasteiger partial charge >= 0.3 is 41.9 Å². The van der Waals surface area contributed by atoms with E-state index in [0.717, 1.165) is 5.92 Å². The first-order chi connectivity index (χ1) is 4.55. The summed E-state index contributed by atoms with van der Waals surface area (Å²) in [6, 6.07) is 0. The fourth-order valence-corrected chi connectivity index (χ4v) is 1.65. The van der Waals surface area contributed by atoms with E-state index in [1.165, 1.54) is 19.4 Å². The van der Waals surface area contributed by atoms with Crippen LogP contribution in [-0.2, 0) is 0 Å². The molecule has 0 amide bonds. The minimum atomic E-state index is 0. The second kappa shape index (κ2) is 12.6. The molecule has 1 rings (SSSR count). The van der Waals surface area contributed by atoms with E-state index in [4.69, 9.17) is 0 Å². The van der Waals surface area contributed by atoms with Gasteiger partial charge in [-0.05, 0) is 46.2 Å². The molecule has 1 fully saturated rings. The van der Waals surface area contributed by atoms with Crippen LogP contribution in [0.1, 0.15) is 33.6 Å². The number of halogens is 3. The summed E-state index contributed by atoms with van der Waals surface area (Å²) in [5, 5.41) is 0. The van der Waals surface area contributed by atoms with E-state index in [2.05, 4.69) is 32.7 Å². The van der Waals surface area contributed by atoms with Crippen LogP contribution in [0.3, 0.4) is 0 Å². The summed E-state index contributed by atoms with van der Waals surface area (Å²) >= 11 is 0. The van der Waals surface area contributed by atoms with Crippen molar-refractivity contribution in [2.75, 3.05) is 13.6 Å². The van der Waals surface area contributed by atoms with Crippen molar-refractivity contribution >= 4 is 23.1 Å². The zero-order chi connectivity index (χ0) is 7.78. The summed E-state index contributed by atoms with van der Waals surface area (Å²) in [5.74, 6) is 0.853. The molecule has 1 aliphatic heterocycles. The van der Waals surface area contributed by atoms with Gasteiger partial charge in [0.05, 0.1) is 0 Å². The van der Waals surface area contributed by atoms with Gasteiger partial charge in [0.15, 0.2) is 0 Å². The minimum absolute atomic E-state index is 0. The van der Waals surface area contributed by atoms with Gasteiger partial charge in [-0.3, -0.25) is 0 Å². The Hall–Kier alpha value is 2.19. The number of hydrogen-bond acceptors (Lipinski definition) is 1. The molecule has 1 heterocycles. The summed E-state index contributed by atoms with van der Waals surface area (Å²) in [6.07, 6.45) is 2.78. The van der Waals surface area contributed by atoms with Crippen molar-refractivity contribution in [3.63, 3.8) is 0 Å². The Labute approximate surface area is 141 Å². The third-order valence-electron chi connectivity index (χ3n) is 3.32. The average Bonchev–Trinajstić information content (AvgIpc) is 1.84. The number of piperidine rings is 1. The number of likely N-dealkylation sites (tertiary alicyclic amines) is 1. The zero-order valence-corrected chi connectivity index (χ0v) is 14.2. The van der Waals surface area contributed by atoms with Gasteiger partial charge in [-0.2, -0.15) is 0 Å². The van der Waals surface area contributed by atoms with E-state index in [0.29, 0.717) is 5.54 Å². The molecular formula is C9H19Cl3LiMgN. The van der Waals surface area contributed by atoms with Crippen molar-refractivity contribution in [2.24, 2.45) is 5.92 Å². The molecule has 1 unspecified atom stereocenters. The Kier molecular flexibility index (Phi) is 25.6. The topological polar surface area (TPSA) is 3.24 Å². The van der Waals surface area contributed by atoms with E-state index in [-0.39, 0.29) is 79.1 Å². The normalized spacial score (nSPS) is 22.8. The van der Waals surface area contributed by atoms with Crippen LogP contribution in [0.25, 0.3) is 0 Å². The summed E-state index contributed by atoms with van der Waals surface area (Å²) in [4.78, 5) is 2.47. The summed E-state index contributed by atoms with van der Waals surface area (Å²) in [7, 11) is 2.23. The van der Waals surface area contributed by atoms with Crippen LogP contribution >= 0.6 is 0 Å². The summed E-state index contributed by atoms with van der Waals surface area (Å²) in [6.45, 7) is 8.32. The Morgan fingerprint density at radius 3 is 1.80 bits per heavy atom. The minimum Gasteiger partial charge on any atom is -1.00 e. The Balaban J connectivity index is -0.0000000667. The van der Waals surface area contributed by atoms with Crippen LogP contribution in [0.4, 0.5) is 0 Å². The first-order valence-electron chi connectivity index (χ1n) is 4.26. The molecular weight excluding hydrogens is 260 g/mol. The van der Waals surface area contributed by atoms with Crippen molar-refractivity contribution in [1.29, 1.82) is 0 Å². The molecule has 0 aliphatic carbocycles. The smallest absolute Gasteiger partial charge is 1.00 e. The molecule has 1 atom stereocenters. The van der Waals surface area contributed by atoms with E-state index >= 15 is 0 Å². The predicted octanol–water partition coefficient (Wildman–Crippen LogP) is -10.2. The molecule has 84 valence electrons. The molecule has 6 heteroatoms. The van der Waals surface area contributed by atoms with Crippen LogP contribution in [0.2, 0.25) is 0 Å². The van der Waals surface area contributed by atoms with Gasteiger partial charge in [-0.25, -0.2) is 0 Å². The second-order valence-corrected chi connectivity index (χ2v) is 4.12. The van der Waals surface area contributed by atoms with Gasteiger partial charge in [-0.1, -0.05) is 6.92 Å². The fraction of sp³-hybridized carbons (Fsp3) is 1.00. The van der Waals surface area contributed by atoms with Gasteiger partial charge in [0, 0.05) is 5.54 Å². The van der Waals surface area contributed by atoms with Crippen LogP contribution < -0.4 is 56.1 Å². The fourth-order valence-electron chi connectivity index (χ4n) is 1.65. The van der Waals surface area contributed by atoms with E-state index in [1.54, 1.807) is 0 Å². The van der Waals surface area contributed by atoms with E-state index in [9.17, 15) is 0 Å². The molecule has 1 aliphatic rings. The molecule has 1 nitrogen and oxygen atoms in total.